The Labute approximate surface area is 109 Å². The Morgan fingerprint density at radius 1 is 1.50 bits per heavy atom. The first-order chi connectivity index (χ1) is 8.63. The van der Waals surface area contributed by atoms with Crippen molar-refractivity contribution >= 4 is 5.78 Å². The number of carbonyl (C=O) groups excluding carboxylic acids is 1. The first kappa shape index (κ1) is 15.6. The molecule has 0 aromatic heterocycles. The fourth-order valence-electron chi connectivity index (χ4n) is 2.38. The molecule has 0 amide bonds. The van der Waals surface area contributed by atoms with Crippen LogP contribution >= 0.6 is 0 Å². The molecular weight excluding hydrogens is 234 g/mol. The summed E-state index contributed by atoms with van der Waals surface area (Å²) in [5.41, 5.74) is 0. The largest absolute Gasteiger partial charge is 0.389 e. The first-order valence-electron chi connectivity index (χ1n) is 6.61. The predicted octanol–water partition coefficient (Wildman–Crippen LogP) is 0.454. The van der Waals surface area contributed by atoms with Gasteiger partial charge in [-0.25, -0.2) is 0 Å². The number of hydrogen-bond donors (Lipinski definition) is 1. The van der Waals surface area contributed by atoms with Crippen molar-refractivity contribution < 1.29 is 19.4 Å². The lowest BCUT2D eigenvalue weighted by atomic mass is 10.1. The van der Waals surface area contributed by atoms with Crippen LogP contribution in [0.4, 0.5) is 0 Å². The van der Waals surface area contributed by atoms with Gasteiger partial charge in [0.15, 0.2) is 0 Å². The van der Waals surface area contributed by atoms with E-state index in [4.69, 9.17) is 9.47 Å². The van der Waals surface area contributed by atoms with Gasteiger partial charge < -0.3 is 14.6 Å². The maximum absolute atomic E-state index is 11.1. The van der Waals surface area contributed by atoms with Crippen LogP contribution in [0.5, 0.6) is 0 Å². The molecule has 2 atom stereocenters. The van der Waals surface area contributed by atoms with Crippen LogP contribution in [-0.2, 0) is 14.3 Å². The normalized spacial score (nSPS) is 22.3. The summed E-state index contributed by atoms with van der Waals surface area (Å²) in [6.07, 6.45) is 2.26. The van der Waals surface area contributed by atoms with E-state index in [0.717, 1.165) is 19.4 Å². The van der Waals surface area contributed by atoms with Gasteiger partial charge in [-0.15, -0.1) is 0 Å². The van der Waals surface area contributed by atoms with Gasteiger partial charge in [-0.05, 0) is 26.3 Å². The fourth-order valence-corrected chi connectivity index (χ4v) is 2.38. The zero-order chi connectivity index (χ0) is 13.4. The summed E-state index contributed by atoms with van der Waals surface area (Å²) in [6.45, 7) is 4.55. The fraction of sp³-hybridized carbons (Fsp3) is 0.923. The van der Waals surface area contributed by atoms with Crippen LogP contribution in [0.25, 0.3) is 0 Å². The minimum Gasteiger partial charge on any atom is -0.389 e. The van der Waals surface area contributed by atoms with Gasteiger partial charge in [0.1, 0.15) is 5.78 Å². The Balaban J connectivity index is 2.21. The Bertz CT molecular complexity index is 247. The quantitative estimate of drug-likeness (QED) is 0.609. The smallest absolute Gasteiger partial charge is 0.131 e. The minimum absolute atomic E-state index is 0.220. The molecule has 0 radical (unpaired) electrons. The monoisotopic (exact) mass is 259 g/mol. The topological polar surface area (TPSA) is 59.0 Å². The van der Waals surface area contributed by atoms with Crippen LogP contribution in [0.1, 0.15) is 26.2 Å². The number of methoxy groups -OCH3 is 1. The lowest BCUT2D eigenvalue weighted by Crippen LogP contribution is -2.39. The van der Waals surface area contributed by atoms with E-state index in [1.807, 2.05) is 0 Å². The van der Waals surface area contributed by atoms with Crippen molar-refractivity contribution in [1.29, 1.82) is 0 Å². The van der Waals surface area contributed by atoms with Crippen LogP contribution in [0.3, 0.4) is 0 Å². The number of Topliss-reactive ketones (excluding diaryl/α,β-unsaturated/α-hetero) is 1. The highest BCUT2D eigenvalue weighted by Gasteiger charge is 2.26. The number of ketones is 1. The molecule has 1 saturated heterocycles. The molecule has 5 heteroatoms. The summed E-state index contributed by atoms with van der Waals surface area (Å²) in [5, 5.41) is 9.87. The average Bonchev–Trinajstić information content (AvgIpc) is 2.71. The second kappa shape index (κ2) is 8.58. The number of nitrogens with zero attached hydrogens (tertiary/aromatic N) is 1. The molecule has 0 aliphatic carbocycles. The number of carbonyl (C=O) groups is 1. The van der Waals surface area contributed by atoms with Crippen LogP contribution < -0.4 is 0 Å². The number of β-amino-alcohol motifs (C(OH)–C–C–N with tert-alkyl or cyclic N) is 1. The van der Waals surface area contributed by atoms with Crippen molar-refractivity contribution in [3.05, 3.63) is 0 Å². The number of likely N-dealkylation sites (tertiary alicyclic amines) is 1. The van der Waals surface area contributed by atoms with E-state index in [2.05, 4.69) is 4.90 Å². The molecule has 18 heavy (non-hydrogen) atoms. The standard InChI is InChI=1S/C13H25NO4/c1-11(15)8-12-4-3-5-14(12)9-13(16)10-18-7-6-17-2/h12-13,16H,3-10H2,1-2H3. The van der Waals surface area contributed by atoms with Crippen LogP contribution in [-0.4, -0.2) is 68.0 Å². The average molecular weight is 259 g/mol. The summed E-state index contributed by atoms with van der Waals surface area (Å²) in [7, 11) is 1.62. The van der Waals surface area contributed by atoms with Gasteiger partial charge >= 0.3 is 0 Å². The maximum atomic E-state index is 11.1. The molecule has 1 aliphatic heterocycles. The molecule has 0 saturated carbocycles. The third-order valence-corrected chi connectivity index (χ3v) is 3.21. The Hall–Kier alpha value is -0.490. The van der Waals surface area contributed by atoms with Gasteiger partial charge in [-0.3, -0.25) is 9.69 Å². The number of aliphatic hydroxyl groups is 1. The molecule has 0 aromatic carbocycles. The van der Waals surface area contributed by atoms with Crippen molar-refractivity contribution in [2.45, 2.75) is 38.3 Å². The highest BCUT2D eigenvalue weighted by atomic mass is 16.5. The second-order valence-corrected chi connectivity index (χ2v) is 4.92. The molecule has 0 spiro atoms. The summed E-state index contributed by atoms with van der Waals surface area (Å²) in [5.74, 6) is 0.220. The highest BCUT2D eigenvalue weighted by Crippen LogP contribution is 2.20. The Morgan fingerprint density at radius 2 is 2.28 bits per heavy atom. The molecule has 0 aromatic rings. The summed E-state index contributed by atoms with van der Waals surface area (Å²) in [4.78, 5) is 13.3. The van der Waals surface area contributed by atoms with E-state index in [1.54, 1.807) is 14.0 Å². The maximum Gasteiger partial charge on any atom is 0.131 e. The van der Waals surface area contributed by atoms with Crippen LogP contribution in [0.2, 0.25) is 0 Å². The number of ether oxygens (including phenoxy) is 2. The molecule has 1 aliphatic rings. The van der Waals surface area contributed by atoms with Crippen molar-refractivity contribution in [1.82, 2.24) is 4.90 Å². The molecule has 106 valence electrons. The third-order valence-electron chi connectivity index (χ3n) is 3.21. The van der Waals surface area contributed by atoms with E-state index in [-0.39, 0.29) is 5.78 Å². The third kappa shape index (κ3) is 5.91. The predicted molar refractivity (Wildman–Crippen MR) is 68.6 cm³/mol. The second-order valence-electron chi connectivity index (χ2n) is 4.92. The van der Waals surface area contributed by atoms with E-state index >= 15 is 0 Å². The molecule has 1 N–H and O–H groups in total. The lowest BCUT2D eigenvalue weighted by molar-refractivity contribution is -0.118. The van der Waals surface area contributed by atoms with Gasteiger partial charge in [-0.2, -0.15) is 0 Å². The van der Waals surface area contributed by atoms with Crippen LogP contribution in [0.15, 0.2) is 0 Å². The summed E-state index contributed by atoms with van der Waals surface area (Å²) in [6, 6.07) is 0.302. The SMILES string of the molecule is COCCOCC(O)CN1CCCC1CC(C)=O. The van der Waals surface area contributed by atoms with E-state index in [9.17, 15) is 9.90 Å². The lowest BCUT2D eigenvalue weighted by Gasteiger charge is -2.26. The zero-order valence-electron chi connectivity index (χ0n) is 11.4. The zero-order valence-corrected chi connectivity index (χ0v) is 11.4. The molecule has 1 rings (SSSR count). The summed E-state index contributed by atoms with van der Waals surface area (Å²) < 4.78 is 10.2. The van der Waals surface area contributed by atoms with Gasteiger partial charge in [0.2, 0.25) is 0 Å². The van der Waals surface area contributed by atoms with Crippen molar-refractivity contribution in [2.24, 2.45) is 0 Å². The molecule has 2 unspecified atom stereocenters. The van der Waals surface area contributed by atoms with E-state index < -0.39 is 6.10 Å². The number of rotatable bonds is 9. The molecule has 1 fully saturated rings. The molecule has 0 bridgehead atoms. The Morgan fingerprint density at radius 3 is 2.94 bits per heavy atom. The first-order valence-corrected chi connectivity index (χ1v) is 6.61. The van der Waals surface area contributed by atoms with Crippen molar-refractivity contribution in [2.75, 3.05) is 40.0 Å². The van der Waals surface area contributed by atoms with Crippen LogP contribution in [0, 0.1) is 0 Å². The molecule has 1 heterocycles. The molecular formula is C13H25NO4. The highest BCUT2D eigenvalue weighted by molar-refractivity contribution is 5.76. The number of hydrogen-bond acceptors (Lipinski definition) is 5. The van der Waals surface area contributed by atoms with Crippen molar-refractivity contribution in [3.63, 3.8) is 0 Å². The van der Waals surface area contributed by atoms with Crippen molar-refractivity contribution in [3.8, 4) is 0 Å². The van der Waals surface area contributed by atoms with E-state index in [0.29, 0.717) is 38.8 Å². The van der Waals surface area contributed by atoms with Gasteiger partial charge in [0, 0.05) is 26.1 Å². The molecule has 5 nitrogen and oxygen atoms in total. The van der Waals surface area contributed by atoms with Gasteiger partial charge in [0.25, 0.3) is 0 Å². The summed E-state index contributed by atoms with van der Waals surface area (Å²) >= 11 is 0. The Kier molecular flexibility index (Phi) is 7.42. The van der Waals surface area contributed by atoms with Gasteiger partial charge in [-0.1, -0.05) is 0 Å². The number of aliphatic hydroxyl groups excluding tert-OH is 1. The van der Waals surface area contributed by atoms with E-state index in [1.165, 1.54) is 0 Å². The van der Waals surface area contributed by atoms with Gasteiger partial charge in [0.05, 0.1) is 25.9 Å². The minimum atomic E-state index is -0.491.